The Kier molecular flexibility index (Phi) is 4.50. The van der Waals surface area contributed by atoms with Crippen LogP contribution in [0.2, 0.25) is 0 Å². The topological polar surface area (TPSA) is 40.5 Å². The molecule has 1 atom stereocenters. The molecule has 0 bridgehead atoms. The van der Waals surface area contributed by atoms with E-state index in [1.54, 1.807) is 0 Å². The number of halogens is 1. The number of carboxylic acid groups (broad SMARTS) is 1. The van der Waals surface area contributed by atoms with Crippen LogP contribution in [0.5, 0.6) is 0 Å². The van der Waals surface area contributed by atoms with E-state index in [1.165, 1.54) is 0 Å². The lowest BCUT2D eigenvalue weighted by molar-refractivity contribution is -0.138. The molecule has 1 rings (SSSR count). The molecule has 0 aliphatic rings. The molecular formula is C12H16BrNO2. The predicted molar refractivity (Wildman–Crippen MR) is 67.6 cm³/mol. The molecule has 88 valence electrons. The summed E-state index contributed by atoms with van der Waals surface area (Å²) in [6.07, 6.45) is 0.114. The number of aliphatic carboxylic acids is 1. The Morgan fingerprint density at radius 3 is 2.56 bits per heavy atom. The van der Waals surface area contributed by atoms with Gasteiger partial charge in [-0.1, -0.05) is 28.1 Å². The fourth-order valence-electron chi connectivity index (χ4n) is 1.58. The van der Waals surface area contributed by atoms with Crippen LogP contribution in [-0.2, 0) is 4.79 Å². The van der Waals surface area contributed by atoms with Gasteiger partial charge in [0.05, 0.1) is 6.42 Å². The molecule has 1 N–H and O–H groups in total. The summed E-state index contributed by atoms with van der Waals surface area (Å²) in [6, 6.07) is 5.88. The normalized spacial score (nSPS) is 12.8. The molecule has 1 unspecified atom stereocenters. The Balaban J connectivity index is 3.01. The van der Waals surface area contributed by atoms with Crippen LogP contribution in [0.3, 0.4) is 0 Å². The van der Waals surface area contributed by atoms with Gasteiger partial charge in [0.15, 0.2) is 0 Å². The second-order valence-corrected chi connectivity index (χ2v) is 4.94. The minimum Gasteiger partial charge on any atom is -0.481 e. The van der Waals surface area contributed by atoms with Gasteiger partial charge in [0.2, 0.25) is 0 Å². The molecule has 16 heavy (non-hydrogen) atoms. The smallest absolute Gasteiger partial charge is 0.305 e. The molecule has 0 amide bonds. The summed E-state index contributed by atoms with van der Waals surface area (Å²) in [5.41, 5.74) is 2.17. The molecule has 1 aromatic carbocycles. The lowest BCUT2D eigenvalue weighted by Gasteiger charge is -2.23. The van der Waals surface area contributed by atoms with E-state index in [0.29, 0.717) is 0 Å². The third-order valence-electron chi connectivity index (χ3n) is 2.57. The number of nitrogens with zero attached hydrogens (tertiary/aromatic N) is 1. The van der Waals surface area contributed by atoms with Crippen LogP contribution in [0.15, 0.2) is 22.7 Å². The van der Waals surface area contributed by atoms with Gasteiger partial charge >= 0.3 is 5.97 Å². The van der Waals surface area contributed by atoms with Crippen LogP contribution in [0, 0.1) is 6.92 Å². The Morgan fingerprint density at radius 2 is 2.12 bits per heavy atom. The van der Waals surface area contributed by atoms with Gasteiger partial charge in [0, 0.05) is 10.5 Å². The van der Waals surface area contributed by atoms with E-state index >= 15 is 0 Å². The van der Waals surface area contributed by atoms with Crippen molar-refractivity contribution in [1.29, 1.82) is 0 Å². The summed E-state index contributed by atoms with van der Waals surface area (Å²) in [7, 11) is 3.78. The molecule has 1 aromatic rings. The Morgan fingerprint density at radius 1 is 1.50 bits per heavy atom. The van der Waals surface area contributed by atoms with Crippen molar-refractivity contribution in [3.8, 4) is 0 Å². The van der Waals surface area contributed by atoms with Crippen molar-refractivity contribution in [3.63, 3.8) is 0 Å². The number of carboxylic acids is 1. The first-order valence-corrected chi connectivity index (χ1v) is 5.85. The van der Waals surface area contributed by atoms with Gasteiger partial charge in [0.1, 0.15) is 0 Å². The Labute approximate surface area is 104 Å². The fraction of sp³-hybridized carbons (Fsp3) is 0.417. The van der Waals surface area contributed by atoms with Gasteiger partial charge in [-0.2, -0.15) is 0 Å². The van der Waals surface area contributed by atoms with Crippen LogP contribution in [-0.4, -0.2) is 30.1 Å². The number of carbonyl (C=O) groups is 1. The molecule has 0 saturated carbocycles. The van der Waals surface area contributed by atoms with Crippen LogP contribution >= 0.6 is 15.9 Å². The molecule has 0 saturated heterocycles. The first-order valence-electron chi connectivity index (χ1n) is 5.06. The maximum Gasteiger partial charge on any atom is 0.305 e. The monoisotopic (exact) mass is 285 g/mol. The standard InChI is InChI=1S/C12H16BrNO2/c1-8-4-5-9(6-10(8)13)11(14(2)3)7-12(15)16/h4-6,11H,7H2,1-3H3,(H,15,16). The van der Waals surface area contributed by atoms with Crippen LogP contribution in [0.25, 0.3) is 0 Å². The second-order valence-electron chi connectivity index (χ2n) is 4.09. The predicted octanol–water partition coefficient (Wildman–Crippen LogP) is 2.83. The summed E-state index contributed by atoms with van der Waals surface area (Å²) >= 11 is 3.46. The van der Waals surface area contributed by atoms with E-state index in [2.05, 4.69) is 15.9 Å². The van der Waals surface area contributed by atoms with Crippen molar-refractivity contribution in [1.82, 2.24) is 4.90 Å². The summed E-state index contributed by atoms with van der Waals surface area (Å²) < 4.78 is 1.02. The van der Waals surface area contributed by atoms with E-state index in [4.69, 9.17) is 5.11 Å². The molecule has 0 fully saturated rings. The van der Waals surface area contributed by atoms with E-state index in [0.717, 1.165) is 15.6 Å². The van der Waals surface area contributed by atoms with Gasteiger partial charge < -0.3 is 10.0 Å². The highest BCUT2D eigenvalue weighted by molar-refractivity contribution is 9.10. The van der Waals surface area contributed by atoms with E-state index in [-0.39, 0.29) is 12.5 Å². The van der Waals surface area contributed by atoms with Crippen molar-refractivity contribution in [2.24, 2.45) is 0 Å². The maximum atomic E-state index is 10.8. The third-order valence-corrected chi connectivity index (χ3v) is 3.43. The number of hydrogen-bond acceptors (Lipinski definition) is 2. The van der Waals surface area contributed by atoms with Crippen LogP contribution < -0.4 is 0 Å². The molecule has 0 aliphatic heterocycles. The highest BCUT2D eigenvalue weighted by Crippen LogP contribution is 2.26. The van der Waals surface area contributed by atoms with Crippen molar-refractivity contribution in [2.45, 2.75) is 19.4 Å². The number of aryl methyl sites for hydroxylation is 1. The zero-order chi connectivity index (χ0) is 12.3. The third kappa shape index (κ3) is 3.32. The highest BCUT2D eigenvalue weighted by Gasteiger charge is 2.18. The SMILES string of the molecule is Cc1ccc(C(CC(=O)O)N(C)C)cc1Br. The minimum absolute atomic E-state index is 0.0885. The summed E-state index contributed by atoms with van der Waals surface area (Å²) in [5.74, 6) is -0.782. The molecule has 4 heteroatoms. The molecule has 3 nitrogen and oxygen atoms in total. The van der Waals surface area contributed by atoms with Crippen molar-refractivity contribution < 1.29 is 9.90 Å². The van der Waals surface area contributed by atoms with Gasteiger partial charge in [-0.05, 0) is 38.2 Å². The lowest BCUT2D eigenvalue weighted by atomic mass is 10.0. The molecule has 0 aromatic heterocycles. The zero-order valence-electron chi connectivity index (χ0n) is 9.70. The summed E-state index contributed by atoms with van der Waals surface area (Å²) in [5, 5.41) is 8.88. The molecular weight excluding hydrogens is 270 g/mol. The van der Waals surface area contributed by atoms with Gasteiger partial charge in [-0.15, -0.1) is 0 Å². The number of hydrogen-bond donors (Lipinski definition) is 1. The quantitative estimate of drug-likeness (QED) is 0.925. The summed E-state index contributed by atoms with van der Waals surface area (Å²) in [4.78, 5) is 12.7. The average Bonchev–Trinajstić information content (AvgIpc) is 2.18. The first-order chi connectivity index (χ1) is 7.41. The molecule has 0 heterocycles. The van der Waals surface area contributed by atoms with Gasteiger partial charge in [-0.25, -0.2) is 0 Å². The first kappa shape index (κ1) is 13.2. The maximum absolute atomic E-state index is 10.8. The largest absolute Gasteiger partial charge is 0.481 e. The zero-order valence-corrected chi connectivity index (χ0v) is 11.3. The van der Waals surface area contributed by atoms with Crippen molar-refractivity contribution in [2.75, 3.05) is 14.1 Å². The van der Waals surface area contributed by atoms with Gasteiger partial charge in [0.25, 0.3) is 0 Å². The highest BCUT2D eigenvalue weighted by atomic mass is 79.9. The average molecular weight is 286 g/mol. The minimum atomic E-state index is -0.782. The molecule has 0 radical (unpaired) electrons. The second kappa shape index (κ2) is 5.46. The Bertz CT molecular complexity index is 391. The van der Waals surface area contributed by atoms with Crippen LogP contribution in [0.1, 0.15) is 23.6 Å². The van der Waals surface area contributed by atoms with Crippen LogP contribution in [0.4, 0.5) is 0 Å². The Hall–Kier alpha value is -0.870. The lowest BCUT2D eigenvalue weighted by Crippen LogP contribution is -2.22. The van der Waals surface area contributed by atoms with Crippen molar-refractivity contribution in [3.05, 3.63) is 33.8 Å². The van der Waals surface area contributed by atoms with E-state index in [1.807, 2.05) is 44.1 Å². The fourth-order valence-corrected chi connectivity index (χ4v) is 1.98. The van der Waals surface area contributed by atoms with E-state index < -0.39 is 5.97 Å². The van der Waals surface area contributed by atoms with E-state index in [9.17, 15) is 4.79 Å². The number of rotatable bonds is 4. The van der Waals surface area contributed by atoms with Gasteiger partial charge in [-0.3, -0.25) is 4.79 Å². The molecule has 0 spiro atoms. The summed E-state index contributed by atoms with van der Waals surface area (Å²) in [6.45, 7) is 2.01. The van der Waals surface area contributed by atoms with Crippen molar-refractivity contribution >= 4 is 21.9 Å². The molecule has 0 aliphatic carbocycles. The number of benzene rings is 1.